The molecule has 1 heterocycles. The van der Waals surface area contributed by atoms with Crippen molar-refractivity contribution < 1.29 is 10.1 Å². The molecule has 9 heteroatoms. The Kier molecular flexibility index (Phi) is 6.48. The predicted octanol–water partition coefficient (Wildman–Crippen LogP) is -1.74. The molecule has 4 N–H and O–H groups in total. The van der Waals surface area contributed by atoms with Crippen LogP contribution in [0.15, 0.2) is 0 Å². The average Bonchev–Trinajstić information content (AvgIpc) is 2.51. The molecule has 0 aromatic heterocycles. The van der Waals surface area contributed by atoms with Crippen LogP contribution in [0.3, 0.4) is 0 Å². The molecule has 2 fully saturated rings. The minimum Gasteiger partial charge on any atom is -0.613 e. The van der Waals surface area contributed by atoms with Gasteiger partial charge in [-0.1, -0.05) is 13.8 Å². The SMILES string of the molecule is CCN(CC)CCNC1NC2CCC([N+](=O)[O-])CC2[NH+]([O-])N1. The Bertz CT molecular complexity index is 368. The molecule has 5 unspecified atom stereocenters. The summed E-state index contributed by atoms with van der Waals surface area (Å²) >= 11 is 0. The van der Waals surface area contributed by atoms with Crippen LogP contribution in [0.4, 0.5) is 0 Å². The Morgan fingerprint density at radius 3 is 2.73 bits per heavy atom. The number of rotatable bonds is 7. The van der Waals surface area contributed by atoms with Gasteiger partial charge in [0, 0.05) is 24.4 Å². The number of quaternary nitrogens is 1. The summed E-state index contributed by atoms with van der Waals surface area (Å²) in [5, 5.41) is 29.7. The minimum atomic E-state index is -0.582. The highest BCUT2D eigenvalue weighted by molar-refractivity contribution is 4.88. The molecule has 22 heavy (non-hydrogen) atoms. The maximum Gasteiger partial charge on any atom is 0.219 e. The number of nitro groups is 1. The summed E-state index contributed by atoms with van der Waals surface area (Å²) in [7, 11) is 0. The molecule has 2 aliphatic rings. The number of likely N-dealkylation sites (N-methyl/N-ethyl adjacent to an activating group) is 1. The lowest BCUT2D eigenvalue weighted by Crippen LogP contribution is -3.23. The van der Waals surface area contributed by atoms with E-state index in [4.69, 9.17) is 0 Å². The van der Waals surface area contributed by atoms with E-state index in [9.17, 15) is 15.3 Å². The molecule has 128 valence electrons. The summed E-state index contributed by atoms with van der Waals surface area (Å²) in [5.41, 5.74) is 2.88. The van der Waals surface area contributed by atoms with Gasteiger partial charge < -0.3 is 10.1 Å². The third-order valence-corrected chi connectivity index (χ3v) is 4.80. The molecule has 0 amide bonds. The fraction of sp³-hybridized carbons (Fsp3) is 1.00. The molecule has 0 aromatic carbocycles. The second-order valence-corrected chi connectivity index (χ2v) is 6.05. The molecule has 1 saturated heterocycles. The third kappa shape index (κ3) is 4.34. The van der Waals surface area contributed by atoms with Gasteiger partial charge in [-0.3, -0.25) is 25.9 Å². The van der Waals surface area contributed by atoms with E-state index in [1.165, 1.54) is 0 Å². The van der Waals surface area contributed by atoms with Crippen molar-refractivity contribution in [3.8, 4) is 0 Å². The van der Waals surface area contributed by atoms with Crippen LogP contribution in [0.2, 0.25) is 0 Å². The smallest absolute Gasteiger partial charge is 0.219 e. The summed E-state index contributed by atoms with van der Waals surface area (Å²) in [6.45, 7) is 7.99. The van der Waals surface area contributed by atoms with Crippen LogP contribution >= 0.6 is 0 Å². The lowest BCUT2D eigenvalue weighted by molar-refractivity contribution is -0.936. The number of hydrogen-bond donors (Lipinski definition) is 4. The van der Waals surface area contributed by atoms with Crippen LogP contribution in [-0.4, -0.2) is 60.4 Å². The zero-order chi connectivity index (χ0) is 16.1. The Morgan fingerprint density at radius 2 is 2.09 bits per heavy atom. The quantitative estimate of drug-likeness (QED) is 0.251. The third-order valence-electron chi connectivity index (χ3n) is 4.80. The monoisotopic (exact) mass is 316 g/mol. The zero-order valence-electron chi connectivity index (χ0n) is 13.4. The molecular formula is C13H28N6O3. The van der Waals surface area contributed by atoms with Gasteiger partial charge in [-0.25, -0.2) is 0 Å². The number of nitrogens with zero attached hydrogens (tertiary/aromatic N) is 2. The maximum atomic E-state index is 12.2. The van der Waals surface area contributed by atoms with Crippen molar-refractivity contribution in [1.82, 2.24) is 21.0 Å². The maximum absolute atomic E-state index is 12.2. The van der Waals surface area contributed by atoms with Gasteiger partial charge in [-0.2, -0.15) is 0 Å². The van der Waals surface area contributed by atoms with Gasteiger partial charge in [0.05, 0.1) is 12.5 Å². The van der Waals surface area contributed by atoms with Crippen LogP contribution in [-0.2, 0) is 0 Å². The van der Waals surface area contributed by atoms with Crippen molar-refractivity contribution in [2.75, 3.05) is 26.2 Å². The van der Waals surface area contributed by atoms with E-state index in [0.29, 0.717) is 19.3 Å². The molecule has 1 aliphatic carbocycles. The van der Waals surface area contributed by atoms with Gasteiger partial charge in [0.2, 0.25) is 6.04 Å². The van der Waals surface area contributed by atoms with Crippen molar-refractivity contribution in [3.05, 3.63) is 15.3 Å². The topological polar surface area (TPSA) is 110 Å². The molecule has 0 bridgehead atoms. The fourth-order valence-electron chi connectivity index (χ4n) is 3.35. The molecule has 0 radical (unpaired) electrons. The highest BCUT2D eigenvalue weighted by atomic mass is 16.6. The number of nitrogens with one attached hydrogen (secondary N) is 4. The zero-order valence-corrected chi connectivity index (χ0v) is 13.4. The van der Waals surface area contributed by atoms with Crippen molar-refractivity contribution in [1.29, 1.82) is 0 Å². The Balaban J connectivity index is 1.79. The largest absolute Gasteiger partial charge is 0.613 e. The minimum absolute atomic E-state index is 0.0379. The lowest BCUT2D eigenvalue weighted by atomic mass is 9.86. The normalized spacial score (nSPS) is 35.4. The van der Waals surface area contributed by atoms with E-state index >= 15 is 0 Å². The van der Waals surface area contributed by atoms with Gasteiger partial charge in [0.1, 0.15) is 6.04 Å². The highest BCUT2D eigenvalue weighted by Crippen LogP contribution is 2.20. The summed E-state index contributed by atoms with van der Waals surface area (Å²) in [4.78, 5) is 13.0. The molecule has 1 saturated carbocycles. The highest BCUT2D eigenvalue weighted by Gasteiger charge is 2.44. The molecule has 0 spiro atoms. The van der Waals surface area contributed by atoms with Crippen molar-refractivity contribution >= 4 is 0 Å². The first-order valence-electron chi connectivity index (χ1n) is 8.20. The Morgan fingerprint density at radius 1 is 1.36 bits per heavy atom. The Hall–Kier alpha value is -0.840. The van der Waals surface area contributed by atoms with E-state index in [2.05, 4.69) is 34.8 Å². The number of hydrogen-bond acceptors (Lipinski definition) is 7. The van der Waals surface area contributed by atoms with Crippen molar-refractivity contribution in [2.24, 2.45) is 0 Å². The molecule has 2 rings (SSSR count). The molecule has 5 atom stereocenters. The predicted molar refractivity (Wildman–Crippen MR) is 82.4 cm³/mol. The van der Waals surface area contributed by atoms with Crippen LogP contribution < -0.4 is 21.2 Å². The first-order valence-corrected chi connectivity index (χ1v) is 8.20. The summed E-state index contributed by atoms with van der Waals surface area (Å²) in [6.07, 6.45) is 1.32. The fourth-order valence-corrected chi connectivity index (χ4v) is 3.35. The second kappa shape index (κ2) is 8.14. The standard InChI is InChI=1S/C13H28N6O3/c1-3-17(4-2)8-7-14-13-15-11-6-5-10(19(21)22)9-12(11)18(20)16-13/h10-16,18H,3-9H2,1-2H3. The van der Waals surface area contributed by atoms with E-state index < -0.39 is 6.04 Å². The van der Waals surface area contributed by atoms with Crippen LogP contribution in [0.1, 0.15) is 33.1 Å². The van der Waals surface area contributed by atoms with E-state index in [-0.39, 0.29) is 28.5 Å². The molecular weight excluding hydrogens is 288 g/mol. The van der Waals surface area contributed by atoms with Gasteiger partial charge >= 0.3 is 0 Å². The van der Waals surface area contributed by atoms with E-state index in [1.807, 2.05) is 0 Å². The van der Waals surface area contributed by atoms with Crippen molar-refractivity contribution in [2.45, 2.75) is 57.5 Å². The first-order chi connectivity index (χ1) is 10.5. The van der Waals surface area contributed by atoms with E-state index in [1.54, 1.807) is 0 Å². The summed E-state index contributed by atoms with van der Waals surface area (Å²) < 4.78 is 0. The number of hydroxylamine groups is 1. The van der Waals surface area contributed by atoms with Gasteiger partial charge in [-0.05, 0) is 19.5 Å². The summed E-state index contributed by atoms with van der Waals surface area (Å²) in [6, 6.07) is -0.832. The van der Waals surface area contributed by atoms with Gasteiger partial charge in [-0.15, -0.1) is 5.43 Å². The van der Waals surface area contributed by atoms with Crippen molar-refractivity contribution in [3.63, 3.8) is 0 Å². The van der Waals surface area contributed by atoms with Crippen LogP contribution in [0, 0.1) is 15.3 Å². The molecule has 0 aromatic rings. The van der Waals surface area contributed by atoms with E-state index in [0.717, 1.165) is 26.2 Å². The average molecular weight is 316 g/mol. The number of fused-ring (bicyclic) bond motifs is 1. The Labute approximate surface area is 131 Å². The lowest BCUT2D eigenvalue weighted by Gasteiger charge is -2.47. The van der Waals surface area contributed by atoms with Gasteiger partial charge in [0.25, 0.3) is 0 Å². The molecule has 1 aliphatic heterocycles. The van der Waals surface area contributed by atoms with Gasteiger partial charge in [0.15, 0.2) is 6.29 Å². The second-order valence-electron chi connectivity index (χ2n) is 6.05. The summed E-state index contributed by atoms with van der Waals surface area (Å²) in [5.74, 6) is 0. The first kappa shape index (κ1) is 17.5. The van der Waals surface area contributed by atoms with Crippen LogP contribution in [0.5, 0.6) is 0 Å². The molecule has 9 nitrogen and oxygen atoms in total. The van der Waals surface area contributed by atoms with Crippen LogP contribution in [0.25, 0.3) is 0 Å².